The van der Waals surface area contributed by atoms with E-state index in [9.17, 15) is 0 Å². The molecule has 26 heavy (non-hydrogen) atoms. The Labute approximate surface area is 157 Å². The highest BCUT2D eigenvalue weighted by atomic mass is 16.5. The molecule has 4 nitrogen and oxygen atoms in total. The fourth-order valence-electron chi connectivity index (χ4n) is 2.94. The van der Waals surface area contributed by atoms with Crippen LogP contribution in [0.25, 0.3) is 11.4 Å². The molecule has 0 saturated heterocycles. The lowest BCUT2D eigenvalue weighted by molar-refractivity contribution is 0.415. The third-order valence-electron chi connectivity index (χ3n) is 4.45. The summed E-state index contributed by atoms with van der Waals surface area (Å²) in [5.74, 6) is 0.817. The summed E-state index contributed by atoms with van der Waals surface area (Å²) in [6.45, 7) is 3.06. The van der Waals surface area contributed by atoms with Crippen LogP contribution in [0.5, 0.6) is 5.75 Å². The van der Waals surface area contributed by atoms with E-state index in [4.69, 9.17) is 4.74 Å². The monoisotopic (exact) mass is 355 g/mol. The number of aliphatic imine (C=N–C) groups is 1. The van der Waals surface area contributed by atoms with E-state index in [0.717, 1.165) is 35.8 Å². The van der Waals surface area contributed by atoms with Gasteiger partial charge in [0, 0.05) is 25.0 Å². The highest BCUT2D eigenvalue weighted by molar-refractivity contribution is 5.83. The van der Waals surface area contributed by atoms with Crippen molar-refractivity contribution >= 4 is 6.21 Å². The van der Waals surface area contributed by atoms with E-state index in [-0.39, 0.29) is 0 Å². The first-order valence-corrected chi connectivity index (χ1v) is 9.90. The number of rotatable bonds is 13. The van der Waals surface area contributed by atoms with Gasteiger partial charge in [-0.15, -0.1) is 0 Å². The van der Waals surface area contributed by atoms with E-state index < -0.39 is 0 Å². The lowest BCUT2D eigenvalue weighted by Gasteiger charge is -1.97. The second-order valence-corrected chi connectivity index (χ2v) is 6.60. The molecule has 0 bridgehead atoms. The minimum absolute atomic E-state index is 0.799. The largest absolute Gasteiger partial charge is 0.494 e. The zero-order valence-corrected chi connectivity index (χ0v) is 16.3. The van der Waals surface area contributed by atoms with Crippen molar-refractivity contribution in [1.29, 1.82) is 0 Å². The number of ether oxygens (including phenoxy) is 1. The Hall–Kier alpha value is -2.23. The van der Waals surface area contributed by atoms with Crippen LogP contribution >= 0.6 is 0 Å². The number of nitrogens with zero attached hydrogens (tertiary/aromatic N) is 1. The second kappa shape index (κ2) is 12.2. The van der Waals surface area contributed by atoms with E-state index in [1.165, 1.54) is 44.9 Å². The van der Waals surface area contributed by atoms with Crippen molar-refractivity contribution in [2.24, 2.45) is 4.99 Å². The summed E-state index contributed by atoms with van der Waals surface area (Å²) in [5.41, 5.74) is 2.96. The van der Waals surface area contributed by atoms with Gasteiger partial charge >= 0.3 is 0 Å². The zero-order valence-electron chi connectivity index (χ0n) is 16.3. The van der Waals surface area contributed by atoms with Crippen molar-refractivity contribution in [3.8, 4) is 17.1 Å². The number of unbranched alkanes of at least 4 members (excludes halogenated alkanes) is 6. The molecule has 0 aromatic carbocycles. The van der Waals surface area contributed by atoms with Crippen LogP contribution in [-0.4, -0.2) is 29.8 Å². The SMILES string of the molecule is CCCCCCCC/C=C\CCN=Cc1[nH]c(-c2ccc[nH]2)cc1OC. The fourth-order valence-corrected chi connectivity index (χ4v) is 2.94. The number of aromatic nitrogens is 2. The lowest BCUT2D eigenvalue weighted by atomic mass is 10.1. The molecule has 0 fully saturated rings. The molecule has 0 unspecified atom stereocenters. The van der Waals surface area contributed by atoms with Crippen LogP contribution in [0.2, 0.25) is 0 Å². The average molecular weight is 356 g/mol. The molecular weight excluding hydrogens is 322 g/mol. The Morgan fingerprint density at radius 1 is 1.04 bits per heavy atom. The van der Waals surface area contributed by atoms with Crippen LogP contribution in [0.4, 0.5) is 0 Å². The van der Waals surface area contributed by atoms with E-state index >= 15 is 0 Å². The van der Waals surface area contributed by atoms with Gasteiger partial charge in [-0.05, 0) is 31.4 Å². The quantitative estimate of drug-likeness (QED) is 0.253. The summed E-state index contributed by atoms with van der Waals surface area (Å²) in [4.78, 5) is 11.1. The molecule has 0 atom stereocenters. The molecule has 2 rings (SSSR count). The molecule has 2 aromatic heterocycles. The predicted octanol–water partition coefficient (Wildman–Crippen LogP) is 6.13. The molecule has 0 spiro atoms. The zero-order chi connectivity index (χ0) is 18.5. The summed E-state index contributed by atoms with van der Waals surface area (Å²) in [5, 5.41) is 0. The summed E-state index contributed by atoms with van der Waals surface area (Å²) >= 11 is 0. The van der Waals surface area contributed by atoms with Crippen molar-refractivity contribution in [1.82, 2.24) is 9.97 Å². The van der Waals surface area contributed by atoms with Gasteiger partial charge in [-0.1, -0.05) is 51.2 Å². The average Bonchev–Trinajstić information content (AvgIpc) is 3.32. The molecule has 4 heteroatoms. The number of nitrogens with one attached hydrogen (secondary N) is 2. The first kappa shape index (κ1) is 20.1. The maximum absolute atomic E-state index is 5.43. The molecular formula is C22H33N3O. The lowest BCUT2D eigenvalue weighted by Crippen LogP contribution is -1.89. The Balaban J connectivity index is 1.66. The molecule has 0 amide bonds. The second-order valence-electron chi connectivity index (χ2n) is 6.60. The van der Waals surface area contributed by atoms with Crippen LogP contribution in [0.3, 0.4) is 0 Å². The topological polar surface area (TPSA) is 53.2 Å². The van der Waals surface area contributed by atoms with Gasteiger partial charge in [-0.25, -0.2) is 0 Å². The molecule has 142 valence electrons. The van der Waals surface area contributed by atoms with Crippen molar-refractivity contribution in [3.63, 3.8) is 0 Å². The number of H-pyrrole nitrogens is 2. The first-order chi connectivity index (χ1) is 12.8. The van der Waals surface area contributed by atoms with Gasteiger partial charge in [0.2, 0.25) is 0 Å². The molecule has 0 aliphatic heterocycles. The van der Waals surface area contributed by atoms with Gasteiger partial charge in [-0.2, -0.15) is 0 Å². The van der Waals surface area contributed by atoms with E-state index in [1.807, 2.05) is 30.6 Å². The number of hydrogen-bond donors (Lipinski definition) is 2. The third kappa shape index (κ3) is 6.95. The number of aromatic amines is 2. The minimum atomic E-state index is 0.799. The molecule has 0 aliphatic rings. The van der Waals surface area contributed by atoms with Crippen molar-refractivity contribution in [3.05, 3.63) is 42.2 Å². The maximum atomic E-state index is 5.43. The van der Waals surface area contributed by atoms with Gasteiger partial charge in [0.15, 0.2) is 0 Å². The molecule has 0 aliphatic carbocycles. The summed E-state index contributed by atoms with van der Waals surface area (Å²) in [6, 6.07) is 6.00. The van der Waals surface area contributed by atoms with Crippen LogP contribution in [0.1, 0.15) is 64.0 Å². The van der Waals surface area contributed by atoms with Gasteiger partial charge in [0.05, 0.1) is 24.2 Å². The van der Waals surface area contributed by atoms with Crippen LogP contribution in [-0.2, 0) is 0 Å². The molecule has 2 heterocycles. The summed E-state index contributed by atoms with van der Waals surface area (Å²) in [7, 11) is 1.68. The minimum Gasteiger partial charge on any atom is -0.494 e. The van der Waals surface area contributed by atoms with E-state index in [2.05, 4.69) is 34.0 Å². The third-order valence-corrected chi connectivity index (χ3v) is 4.45. The van der Waals surface area contributed by atoms with E-state index in [0.29, 0.717) is 0 Å². The molecule has 0 saturated carbocycles. The molecule has 2 aromatic rings. The Bertz CT molecular complexity index is 653. The van der Waals surface area contributed by atoms with Crippen LogP contribution < -0.4 is 4.74 Å². The van der Waals surface area contributed by atoms with Crippen LogP contribution in [0.15, 0.2) is 41.5 Å². The van der Waals surface area contributed by atoms with Gasteiger partial charge in [-0.3, -0.25) is 4.99 Å². The highest BCUT2D eigenvalue weighted by Crippen LogP contribution is 2.25. The maximum Gasteiger partial charge on any atom is 0.146 e. The Morgan fingerprint density at radius 3 is 2.62 bits per heavy atom. The first-order valence-electron chi connectivity index (χ1n) is 9.90. The predicted molar refractivity (Wildman–Crippen MR) is 111 cm³/mol. The summed E-state index contributed by atoms with van der Waals surface area (Å²) in [6.07, 6.45) is 18.7. The number of hydrogen-bond acceptors (Lipinski definition) is 2. The van der Waals surface area contributed by atoms with Crippen LogP contribution in [0, 0.1) is 0 Å². The Kier molecular flexibility index (Phi) is 9.41. The van der Waals surface area contributed by atoms with Crippen molar-refractivity contribution in [2.45, 2.75) is 58.3 Å². The summed E-state index contributed by atoms with van der Waals surface area (Å²) < 4.78 is 5.43. The highest BCUT2D eigenvalue weighted by Gasteiger charge is 2.08. The smallest absolute Gasteiger partial charge is 0.146 e. The van der Waals surface area contributed by atoms with Crippen molar-refractivity contribution in [2.75, 3.05) is 13.7 Å². The van der Waals surface area contributed by atoms with Gasteiger partial charge in [0.1, 0.15) is 5.75 Å². The van der Waals surface area contributed by atoms with Crippen molar-refractivity contribution < 1.29 is 4.74 Å². The number of allylic oxidation sites excluding steroid dienone is 1. The molecule has 2 N–H and O–H groups in total. The number of methoxy groups -OCH3 is 1. The molecule has 0 radical (unpaired) electrons. The van der Waals surface area contributed by atoms with Gasteiger partial charge in [0.25, 0.3) is 0 Å². The van der Waals surface area contributed by atoms with Gasteiger partial charge < -0.3 is 14.7 Å². The van der Waals surface area contributed by atoms with E-state index in [1.54, 1.807) is 7.11 Å². The standard InChI is InChI=1S/C22H33N3O/c1-3-4-5-6-7-8-9-10-11-12-15-23-18-21-22(26-2)17-20(25-21)19-14-13-16-24-19/h10-11,13-14,16-18,24-25H,3-9,12,15H2,1-2H3/b11-10-,23-18?. The normalized spacial score (nSPS) is 11.8. The fraction of sp³-hybridized carbons (Fsp3) is 0.500. The Morgan fingerprint density at radius 2 is 1.85 bits per heavy atom.